The Balaban J connectivity index is 2.39. The molecule has 1 saturated carbocycles. The molecule has 18 heavy (non-hydrogen) atoms. The molecule has 0 heterocycles. The Bertz CT molecular complexity index is 438. The van der Waals surface area contributed by atoms with E-state index in [-0.39, 0.29) is 17.0 Å². The first-order valence-corrected chi connectivity index (χ1v) is 6.67. The molecule has 1 aliphatic rings. The number of hydrogen-bond donors (Lipinski definition) is 1. The molecular weight excluding hydrogens is 232 g/mol. The van der Waals surface area contributed by atoms with E-state index >= 15 is 0 Å². The summed E-state index contributed by atoms with van der Waals surface area (Å²) in [5.74, 6) is -0.823. The molecule has 1 atom stereocenters. The van der Waals surface area contributed by atoms with Crippen LogP contribution in [0.5, 0.6) is 0 Å². The third-order valence-corrected chi connectivity index (χ3v) is 3.94. The molecule has 1 aromatic carbocycles. The van der Waals surface area contributed by atoms with Gasteiger partial charge in [0.25, 0.3) is 0 Å². The van der Waals surface area contributed by atoms with Gasteiger partial charge in [-0.2, -0.15) is 0 Å². The Hall–Kier alpha value is -0.960. The summed E-state index contributed by atoms with van der Waals surface area (Å²) in [5.41, 5.74) is 0.743. The summed E-state index contributed by atoms with van der Waals surface area (Å²) in [6, 6.07) is 2.66. The molecule has 1 nitrogen and oxygen atoms in total. The first-order valence-electron chi connectivity index (χ1n) is 6.67. The molecule has 100 valence electrons. The number of aryl methyl sites for hydroxylation is 1. The maximum absolute atomic E-state index is 14.2. The van der Waals surface area contributed by atoms with Gasteiger partial charge in [0, 0.05) is 11.6 Å². The summed E-state index contributed by atoms with van der Waals surface area (Å²) in [5, 5.41) is 3.32. The van der Waals surface area contributed by atoms with Gasteiger partial charge in [-0.15, -0.1) is 0 Å². The minimum Gasteiger partial charge on any atom is -0.309 e. The van der Waals surface area contributed by atoms with Crippen LogP contribution in [0.1, 0.15) is 50.3 Å². The number of hydrogen-bond acceptors (Lipinski definition) is 1. The van der Waals surface area contributed by atoms with Crippen molar-refractivity contribution in [3.63, 3.8) is 0 Å². The molecule has 1 N–H and O–H groups in total. The van der Waals surface area contributed by atoms with Crippen LogP contribution >= 0.6 is 0 Å². The highest BCUT2D eigenvalue weighted by Gasteiger charge is 2.47. The van der Waals surface area contributed by atoms with Gasteiger partial charge in [0.05, 0.1) is 0 Å². The molecule has 0 spiro atoms. The Morgan fingerprint density at radius 1 is 1.33 bits per heavy atom. The van der Waals surface area contributed by atoms with E-state index in [0.29, 0.717) is 5.56 Å². The van der Waals surface area contributed by atoms with Crippen molar-refractivity contribution >= 4 is 0 Å². The van der Waals surface area contributed by atoms with Gasteiger partial charge in [0.15, 0.2) is 0 Å². The van der Waals surface area contributed by atoms with E-state index in [1.165, 1.54) is 12.1 Å². The third kappa shape index (κ3) is 2.41. The molecule has 0 bridgehead atoms. The lowest BCUT2D eigenvalue weighted by atomic mass is 9.90. The summed E-state index contributed by atoms with van der Waals surface area (Å²) >= 11 is 0. The van der Waals surface area contributed by atoms with Gasteiger partial charge in [-0.1, -0.05) is 19.9 Å². The minimum atomic E-state index is -0.431. The smallest absolute Gasteiger partial charge is 0.133 e. The zero-order chi connectivity index (χ0) is 13.3. The van der Waals surface area contributed by atoms with Crippen molar-refractivity contribution in [1.82, 2.24) is 5.32 Å². The summed E-state index contributed by atoms with van der Waals surface area (Å²) in [6.07, 6.45) is 3.02. The number of halogens is 2. The van der Waals surface area contributed by atoms with E-state index in [4.69, 9.17) is 0 Å². The fourth-order valence-electron chi connectivity index (χ4n) is 2.41. The minimum absolute atomic E-state index is 0.00461. The average Bonchev–Trinajstić information content (AvgIpc) is 3.07. The molecule has 0 aromatic heterocycles. The van der Waals surface area contributed by atoms with Crippen molar-refractivity contribution in [2.45, 2.75) is 46.1 Å². The molecule has 0 saturated heterocycles. The van der Waals surface area contributed by atoms with E-state index in [1.54, 1.807) is 6.92 Å². The first kappa shape index (κ1) is 13.5. The van der Waals surface area contributed by atoms with Crippen molar-refractivity contribution in [3.8, 4) is 0 Å². The summed E-state index contributed by atoms with van der Waals surface area (Å²) in [7, 11) is 0. The molecule has 1 aromatic rings. The zero-order valence-corrected chi connectivity index (χ0v) is 11.3. The van der Waals surface area contributed by atoms with E-state index < -0.39 is 11.6 Å². The van der Waals surface area contributed by atoms with Crippen molar-refractivity contribution < 1.29 is 8.78 Å². The van der Waals surface area contributed by atoms with Crippen LogP contribution in [-0.4, -0.2) is 6.54 Å². The van der Waals surface area contributed by atoms with Gasteiger partial charge in [0.1, 0.15) is 11.6 Å². The lowest BCUT2D eigenvalue weighted by molar-refractivity contribution is 0.342. The fraction of sp³-hybridized carbons (Fsp3) is 0.600. The number of rotatable bonds is 5. The van der Waals surface area contributed by atoms with Crippen molar-refractivity contribution in [1.29, 1.82) is 0 Å². The van der Waals surface area contributed by atoms with E-state index in [2.05, 4.69) is 19.2 Å². The second-order valence-corrected chi connectivity index (χ2v) is 5.63. The average molecular weight is 253 g/mol. The van der Waals surface area contributed by atoms with Gasteiger partial charge in [-0.3, -0.25) is 0 Å². The normalized spacial score (nSPS) is 18.7. The Morgan fingerprint density at radius 3 is 2.56 bits per heavy atom. The van der Waals surface area contributed by atoms with E-state index in [9.17, 15) is 8.78 Å². The van der Waals surface area contributed by atoms with Gasteiger partial charge in [-0.05, 0) is 49.8 Å². The summed E-state index contributed by atoms with van der Waals surface area (Å²) in [6.45, 7) is 6.63. The van der Waals surface area contributed by atoms with Crippen LogP contribution in [0, 0.1) is 24.0 Å². The monoisotopic (exact) mass is 253 g/mol. The van der Waals surface area contributed by atoms with Crippen molar-refractivity contribution in [2.24, 2.45) is 5.41 Å². The number of nitrogens with one attached hydrogen (secondary N) is 1. The molecule has 1 fully saturated rings. The fourth-order valence-corrected chi connectivity index (χ4v) is 2.41. The molecule has 2 rings (SSSR count). The van der Waals surface area contributed by atoms with Crippen molar-refractivity contribution in [2.75, 3.05) is 6.54 Å². The summed E-state index contributed by atoms with van der Waals surface area (Å²) in [4.78, 5) is 0. The summed E-state index contributed by atoms with van der Waals surface area (Å²) < 4.78 is 28.2. The van der Waals surface area contributed by atoms with Gasteiger partial charge in [-0.25, -0.2) is 8.78 Å². The zero-order valence-electron chi connectivity index (χ0n) is 11.3. The molecule has 0 aliphatic heterocycles. The standard InChI is InChI=1S/C15H21F2N/c1-4-9-18-14(15(3)7-8-15)12-11(16)6-5-10(2)13(12)17/h5-6,14,18H,4,7-9H2,1-3H3. The highest BCUT2D eigenvalue weighted by Crippen LogP contribution is 2.55. The van der Waals surface area contributed by atoms with Crippen LogP contribution in [0.15, 0.2) is 12.1 Å². The third-order valence-electron chi connectivity index (χ3n) is 3.94. The Kier molecular flexibility index (Phi) is 3.71. The Morgan fingerprint density at radius 2 is 2.00 bits per heavy atom. The van der Waals surface area contributed by atoms with Gasteiger partial charge >= 0.3 is 0 Å². The topological polar surface area (TPSA) is 12.0 Å². The van der Waals surface area contributed by atoms with E-state index in [1.807, 2.05) is 0 Å². The molecule has 3 heteroatoms. The van der Waals surface area contributed by atoms with Gasteiger partial charge in [0.2, 0.25) is 0 Å². The molecule has 0 amide bonds. The lowest BCUT2D eigenvalue weighted by Gasteiger charge is -2.26. The van der Waals surface area contributed by atoms with E-state index in [0.717, 1.165) is 25.8 Å². The predicted molar refractivity (Wildman–Crippen MR) is 69.5 cm³/mol. The van der Waals surface area contributed by atoms with Crippen molar-refractivity contribution in [3.05, 3.63) is 34.9 Å². The highest BCUT2D eigenvalue weighted by atomic mass is 19.1. The quantitative estimate of drug-likeness (QED) is 0.832. The predicted octanol–water partition coefficient (Wildman–Crippen LogP) is 4.11. The maximum Gasteiger partial charge on any atom is 0.133 e. The van der Waals surface area contributed by atoms with Crippen LogP contribution in [0.2, 0.25) is 0 Å². The molecule has 1 unspecified atom stereocenters. The second-order valence-electron chi connectivity index (χ2n) is 5.63. The molecule has 0 radical (unpaired) electrons. The first-order chi connectivity index (χ1) is 8.49. The Labute approximate surface area is 108 Å². The highest BCUT2D eigenvalue weighted by molar-refractivity contribution is 5.31. The maximum atomic E-state index is 14.2. The number of benzene rings is 1. The van der Waals surface area contributed by atoms with Crippen LogP contribution in [0.25, 0.3) is 0 Å². The molecule has 1 aliphatic carbocycles. The van der Waals surface area contributed by atoms with Crippen LogP contribution < -0.4 is 5.32 Å². The van der Waals surface area contributed by atoms with Crippen LogP contribution in [0.3, 0.4) is 0 Å². The second kappa shape index (κ2) is 4.96. The van der Waals surface area contributed by atoms with Crippen LogP contribution in [0.4, 0.5) is 8.78 Å². The van der Waals surface area contributed by atoms with Crippen LogP contribution in [-0.2, 0) is 0 Å². The lowest BCUT2D eigenvalue weighted by Crippen LogP contribution is -2.30. The largest absolute Gasteiger partial charge is 0.309 e. The van der Waals surface area contributed by atoms with Gasteiger partial charge < -0.3 is 5.32 Å². The SMILES string of the molecule is CCCNC(c1c(F)ccc(C)c1F)C1(C)CC1. The molecular formula is C15H21F2N.